The largest absolute Gasteiger partial charge is 0.482 e. The fraction of sp³-hybridized carbons (Fsp3) is 0.353. The summed E-state index contributed by atoms with van der Waals surface area (Å²) < 4.78 is 6.74. The zero-order chi connectivity index (χ0) is 17.8. The van der Waals surface area contributed by atoms with Gasteiger partial charge in [0.05, 0.1) is 17.3 Å². The second-order valence-corrected chi connectivity index (χ2v) is 6.59. The molecular weight excluding hydrogens is 365 g/mol. The lowest BCUT2D eigenvalue weighted by atomic mass is 10.2. The Hall–Kier alpha value is -2.05. The van der Waals surface area contributed by atoms with Gasteiger partial charge in [0.25, 0.3) is 11.5 Å². The van der Waals surface area contributed by atoms with Crippen molar-refractivity contribution >= 4 is 29.1 Å². The average Bonchev–Trinajstić information content (AvgIpc) is 3.01. The fourth-order valence-corrected chi connectivity index (χ4v) is 3.15. The number of nitrogens with zero attached hydrogens (tertiary/aromatic N) is 2. The van der Waals surface area contributed by atoms with E-state index < -0.39 is 0 Å². The summed E-state index contributed by atoms with van der Waals surface area (Å²) in [6.45, 7) is 0.440. The number of carbonyl (C=O) groups is 1. The number of halogens is 2. The molecule has 2 aromatic rings. The molecule has 25 heavy (non-hydrogen) atoms. The molecule has 0 bridgehead atoms. The Morgan fingerprint density at radius 2 is 2.12 bits per heavy atom. The summed E-state index contributed by atoms with van der Waals surface area (Å²) in [5, 5.41) is 7.89. The van der Waals surface area contributed by atoms with Gasteiger partial charge in [-0.2, -0.15) is 5.10 Å². The molecule has 6 nitrogen and oxygen atoms in total. The molecule has 1 heterocycles. The molecule has 0 saturated carbocycles. The zero-order valence-electron chi connectivity index (χ0n) is 13.4. The Labute approximate surface area is 154 Å². The van der Waals surface area contributed by atoms with Crippen LogP contribution in [0.2, 0.25) is 10.0 Å². The van der Waals surface area contributed by atoms with Crippen molar-refractivity contribution < 1.29 is 9.53 Å². The van der Waals surface area contributed by atoms with Gasteiger partial charge in [0, 0.05) is 17.6 Å². The third kappa shape index (κ3) is 4.52. The number of hydrogen-bond donors (Lipinski definition) is 1. The van der Waals surface area contributed by atoms with E-state index in [1.165, 1.54) is 4.68 Å². The van der Waals surface area contributed by atoms with Gasteiger partial charge < -0.3 is 10.1 Å². The Balaban J connectivity index is 1.47. The molecule has 0 radical (unpaired) electrons. The second kappa shape index (κ2) is 7.89. The maximum absolute atomic E-state index is 12.0. The van der Waals surface area contributed by atoms with Gasteiger partial charge >= 0.3 is 0 Å². The van der Waals surface area contributed by atoms with E-state index in [1.807, 2.05) is 0 Å². The minimum Gasteiger partial charge on any atom is -0.482 e. The van der Waals surface area contributed by atoms with Crippen LogP contribution in [-0.2, 0) is 24.2 Å². The van der Waals surface area contributed by atoms with Gasteiger partial charge in [-0.05, 0) is 43.0 Å². The maximum Gasteiger partial charge on any atom is 0.267 e. The molecule has 0 unspecified atom stereocenters. The van der Waals surface area contributed by atoms with Crippen molar-refractivity contribution in [1.82, 2.24) is 15.1 Å². The summed E-state index contributed by atoms with van der Waals surface area (Å²) in [6.07, 6.45) is 2.85. The number of ether oxygens (including phenoxy) is 1. The standard InChI is InChI=1S/C17H17Cl2N3O3/c18-12-4-5-15(13(19)9-12)25-10-16(23)20-6-7-22-17(24)8-11-2-1-3-14(11)21-22/h4-5,8-9H,1-3,6-7,10H2,(H,20,23). The number of benzene rings is 1. The predicted molar refractivity (Wildman–Crippen MR) is 95.5 cm³/mol. The predicted octanol–water partition coefficient (Wildman–Crippen LogP) is 2.23. The van der Waals surface area contributed by atoms with Crippen LogP contribution >= 0.6 is 23.2 Å². The Bertz CT molecular complexity index is 852. The fourth-order valence-electron chi connectivity index (χ4n) is 2.69. The van der Waals surface area contributed by atoms with E-state index in [2.05, 4.69) is 10.4 Å². The van der Waals surface area contributed by atoms with Crippen molar-refractivity contribution in [2.45, 2.75) is 25.8 Å². The lowest BCUT2D eigenvalue weighted by molar-refractivity contribution is -0.123. The molecule has 1 amide bonds. The highest BCUT2D eigenvalue weighted by Crippen LogP contribution is 2.27. The number of hydrogen-bond acceptors (Lipinski definition) is 4. The molecule has 1 aliphatic carbocycles. The Morgan fingerprint density at radius 3 is 2.92 bits per heavy atom. The normalized spacial score (nSPS) is 12.7. The smallest absolute Gasteiger partial charge is 0.267 e. The maximum atomic E-state index is 12.0. The van der Waals surface area contributed by atoms with Gasteiger partial charge in [-0.15, -0.1) is 0 Å². The highest BCUT2D eigenvalue weighted by molar-refractivity contribution is 6.35. The number of fused-ring (bicyclic) bond motifs is 1. The van der Waals surface area contributed by atoms with Gasteiger partial charge in [0.1, 0.15) is 5.75 Å². The lowest BCUT2D eigenvalue weighted by Gasteiger charge is -2.10. The molecule has 8 heteroatoms. The van der Waals surface area contributed by atoms with E-state index in [4.69, 9.17) is 27.9 Å². The summed E-state index contributed by atoms with van der Waals surface area (Å²) in [5.74, 6) is 0.0814. The lowest BCUT2D eigenvalue weighted by Crippen LogP contribution is -2.34. The van der Waals surface area contributed by atoms with E-state index in [0.29, 0.717) is 28.9 Å². The van der Waals surface area contributed by atoms with Crippen LogP contribution in [0.5, 0.6) is 5.75 Å². The highest BCUT2D eigenvalue weighted by Gasteiger charge is 2.14. The van der Waals surface area contributed by atoms with Crippen LogP contribution in [0.15, 0.2) is 29.1 Å². The van der Waals surface area contributed by atoms with Crippen molar-refractivity contribution in [3.05, 3.63) is 55.9 Å². The van der Waals surface area contributed by atoms with E-state index in [1.54, 1.807) is 24.3 Å². The van der Waals surface area contributed by atoms with Gasteiger partial charge in [-0.3, -0.25) is 9.59 Å². The van der Waals surface area contributed by atoms with Crippen LogP contribution in [0.3, 0.4) is 0 Å². The van der Waals surface area contributed by atoms with Crippen LogP contribution in [0, 0.1) is 0 Å². The quantitative estimate of drug-likeness (QED) is 0.832. The van der Waals surface area contributed by atoms with Crippen LogP contribution in [0.4, 0.5) is 0 Å². The molecule has 1 N–H and O–H groups in total. The SMILES string of the molecule is O=C(COc1ccc(Cl)cc1Cl)NCCn1nc2c(cc1=O)CCC2. The van der Waals surface area contributed by atoms with Crippen LogP contribution in [0.25, 0.3) is 0 Å². The van der Waals surface area contributed by atoms with E-state index in [0.717, 1.165) is 30.5 Å². The van der Waals surface area contributed by atoms with Crippen molar-refractivity contribution in [3.63, 3.8) is 0 Å². The second-order valence-electron chi connectivity index (χ2n) is 5.74. The number of nitrogens with one attached hydrogen (secondary N) is 1. The monoisotopic (exact) mass is 381 g/mol. The molecular formula is C17H17Cl2N3O3. The summed E-state index contributed by atoms with van der Waals surface area (Å²) in [7, 11) is 0. The first-order chi connectivity index (χ1) is 12.0. The average molecular weight is 382 g/mol. The molecule has 0 fully saturated rings. The molecule has 0 aliphatic heterocycles. The first kappa shape index (κ1) is 17.8. The molecule has 132 valence electrons. The summed E-state index contributed by atoms with van der Waals surface area (Å²) in [5.41, 5.74) is 1.88. The van der Waals surface area contributed by atoms with Crippen LogP contribution < -0.4 is 15.6 Å². The number of aryl methyl sites for hydroxylation is 2. The minimum atomic E-state index is -0.305. The van der Waals surface area contributed by atoms with E-state index >= 15 is 0 Å². The zero-order valence-corrected chi connectivity index (χ0v) is 14.9. The number of aromatic nitrogens is 2. The highest BCUT2D eigenvalue weighted by atomic mass is 35.5. The van der Waals surface area contributed by atoms with E-state index in [-0.39, 0.29) is 18.1 Å². The number of amides is 1. The van der Waals surface area contributed by atoms with Gasteiger partial charge in [0.15, 0.2) is 6.61 Å². The summed E-state index contributed by atoms with van der Waals surface area (Å²) in [6, 6.07) is 6.42. The van der Waals surface area contributed by atoms with Gasteiger partial charge in [-0.25, -0.2) is 4.68 Å². The number of rotatable bonds is 6. The molecule has 3 rings (SSSR count). The molecule has 1 aliphatic rings. The molecule has 0 saturated heterocycles. The Morgan fingerprint density at radius 1 is 1.28 bits per heavy atom. The summed E-state index contributed by atoms with van der Waals surface area (Å²) in [4.78, 5) is 23.8. The minimum absolute atomic E-state index is 0.140. The van der Waals surface area contributed by atoms with Crippen molar-refractivity contribution in [1.29, 1.82) is 0 Å². The van der Waals surface area contributed by atoms with Crippen molar-refractivity contribution in [2.75, 3.05) is 13.2 Å². The summed E-state index contributed by atoms with van der Waals surface area (Å²) >= 11 is 11.8. The van der Waals surface area contributed by atoms with E-state index in [9.17, 15) is 9.59 Å². The molecule has 0 spiro atoms. The first-order valence-corrected chi connectivity index (χ1v) is 8.73. The van der Waals surface area contributed by atoms with Crippen LogP contribution in [0.1, 0.15) is 17.7 Å². The molecule has 1 aromatic carbocycles. The third-order valence-electron chi connectivity index (χ3n) is 3.92. The topological polar surface area (TPSA) is 73.2 Å². The number of carbonyl (C=O) groups excluding carboxylic acids is 1. The van der Waals surface area contributed by atoms with Gasteiger partial charge in [-0.1, -0.05) is 23.2 Å². The Kier molecular flexibility index (Phi) is 5.60. The van der Waals surface area contributed by atoms with Crippen LogP contribution in [-0.4, -0.2) is 28.8 Å². The van der Waals surface area contributed by atoms with Crippen molar-refractivity contribution in [3.8, 4) is 5.75 Å². The van der Waals surface area contributed by atoms with Gasteiger partial charge in [0.2, 0.25) is 0 Å². The van der Waals surface area contributed by atoms with Crippen molar-refractivity contribution in [2.24, 2.45) is 0 Å². The third-order valence-corrected chi connectivity index (χ3v) is 4.45. The molecule has 0 atom stereocenters. The first-order valence-electron chi connectivity index (χ1n) is 7.97. The molecule has 1 aromatic heterocycles.